The number of aromatic nitrogens is 4. The van der Waals surface area contributed by atoms with Gasteiger partial charge in [-0.1, -0.05) is 87.1 Å². The molecular weight excluding hydrogens is 436 g/mol. The molecule has 4 aromatic rings. The molecule has 0 unspecified atom stereocenters. The molecule has 0 saturated heterocycles. The monoisotopic (exact) mass is 468 g/mol. The van der Waals surface area contributed by atoms with Crippen LogP contribution in [0.3, 0.4) is 0 Å². The van der Waals surface area contributed by atoms with Gasteiger partial charge in [0, 0.05) is 0 Å². The van der Waals surface area contributed by atoms with E-state index >= 15 is 0 Å². The summed E-state index contributed by atoms with van der Waals surface area (Å²) >= 11 is 0. The average Bonchev–Trinajstić information content (AvgIpc) is 3.43. The van der Waals surface area contributed by atoms with Crippen molar-refractivity contribution in [1.82, 2.24) is 19.6 Å². The van der Waals surface area contributed by atoms with Gasteiger partial charge in [0.05, 0.1) is 29.8 Å². The van der Waals surface area contributed by atoms with Gasteiger partial charge in [0.1, 0.15) is 6.61 Å². The Morgan fingerprint density at radius 3 is 2.20 bits per heavy atom. The van der Waals surface area contributed by atoms with Crippen molar-refractivity contribution >= 4 is 0 Å². The van der Waals surface area contributed by atoms with Crippen LogP contribution in [0.15, 0.2) is 83.9 Å². The van der Waals surface area contributed by atoms with Crippen molar-refractivity contribution in [1.29, 1.82) is 0 Å². The maximum atomic E-state index is 13.6. The zero-order valence-electron chi connectivity index (χ0n) is 20.1. The quantitative estimate of drug-likeness (QED) is 0.331. The standard InChI is InChI=1S/C29H32N4O2/c34-29-27(35-22-23-13-7-5-8-14-23)21-32(24-15-9-3-1-2-4-10-16-24)31-28(29)26-19-20-30-33(26)25-17-11-6-12-18-25/h5-8,11-14,17-21,24H,1-4,9-10,15-16,22H2. The van der Waals surface area contributed by atoms with Crippen LogP contribution in [0.25, 0.3) is 17.1 Å². The topological polar surface area (TPSA) is 61.9 Å². The highest BCUT2D eigenvalue weighted by molar-refractivity contribution is 5.58. The third-order valence-corrected chi connectivity index (χ3v) is 6.73. The second-order valence-electron chi connectivity index (χ2n) is 9.24. The maximum Gasteiger partial charge on any atom is 0.251 e. The van der Waals surface area contributed by atoms with Crippen LogP contribution in [-0.2, 0) is 6.61 Å². The molecule has 0 aliphatic heterocycles. The maximum absolute atomic E-state index is 13.6. The molecule has 0 spiro atoms. The number of para-hydroxylation sites is 1. The number of nitrogens with zero attached hydrogens (tertiary/aromatic N) is 4. The molecule has 180 valence electrons. The second kappa shape index (κ2) is 11.2. The number of hydrogen-bond donors (Lipinski definition) is 0. The first kappa shape index (κ1) is 23.1. The van der Waals surface area contributed by atoms with Crippen LogP contribution < -0.4 is 10.2 Å². The fourth-order valence-corrected chi connectivity index (χ4v) is 4.81. The Hall–Kier alpha value is -3.67. The molecule has 1 fully saturated rings. The molecule has 2 aromatic carbocycles. The molecule has 0 N–H and O–H groups in total. The smallest absolute Gasteiger partial charge is 0.251 e. The van der Waals surface area contributed by atoms with Gasteiger partial charge in [-0.25, -0.2) is 4.68 Å². The molecule has 1 saturated carbocycles. The number of ether oxygens (including phenoxy) is 1. The molecule has 0 amide bonds. The van der Waals surface area contributed by atoms with Gasteiger partial charge in [-0.15, -0.1) is 0 Å². The Morgan fingerprint density at radius 2 is 1.49 bits per heavy atom. The van der Waals surface area contributed by atoms with E-state index in [4.69, 9.17) is 9.84 Å². The lowest BCUT2D eigenvalue weighted by Gasteiger charge is -2.21. The second-order valence-corrected chi connectivity index (χ2v) is 9.24. The minimum atomic E-state index is -0.210. The van der Waals surface area contributed by atoms with E-state index in [0.29, 0.717) is 23.7 Å². The first-order valence-electron chi connectivity index (χ1n) is 12.7. The molecule has 6 nitrogen and oxygen atoms in total. The van der Waals surface area contributed by atoms with Crippen LogP contribution in [0.2, 0.25) is 0 Å². The Morgan fingerprint density at radius 1 is 0.829 bits per heavy atom. The van der Waals surface area contributed by atoms with Crippen LogP contribution in [0.4, 0.5) is 0 Å². The van der Waals surface area contributed by atoms with Crippen molar-refractivity contribution in [3.05, 3.63) is 94.9 Å². The first-order valence-corrected chi connectivity index (χ1v) is 12.7. The molecular formula is C29H32N4O2. The van der Waals surface area contributed by atoms with Gasteiger partial charge in [-0.2, -0.15) is 10.2 Å². The average molecular weight is 469 g/mol. The van der Waals surface area contributed by atoms with Crippen LogP contribution in [0.1, 0.15) is 63.0 Å². The number of rotatable bonds is 6. The molecule has 2 aromatic heterocycles. The van der Waals surface area contributed by atoms with Gasteiger partial charge in [-0.05, 0) is 36.6 Å². The summed E-state index contributed by atoms with van der Waals surface area (Å²) in [5, 5.41) is 9.40. The highest BCUT2D eigenvalue weighted by Gasteiger charge is 2.21. The zero-order valence-corrected chi connectivity index (χ0v) is 20.1. The Labute approximate surface area is 206 Å². The lowest BCUT2D eigenvalue weighted by Crippen LogP contribution is -2.22. The van der Waals surface area contributed by atoms with Crippen LogP contribution >= 0.6 is 0 Å². The van der Waals surface area contributed by atoms with E-state index in [0.717, 1.165) is 24.1 Å². The predicted octanol–water partition coefficient (Wildman–Crippen LogP) is 6.35. The third kappa shape index (κ3) is 5.53. The molecule has 0 bridgehead atoms. The highest BCUT2D eigenvalue weighted by atomic mass is 16.5. The van der Waals surface area contributed by atoms with E-state index in [1.165, 1.54) is 38.5 Å². The van der Waals surface area contributed by atoms with Crippen LogP contribution in [-0.4, -0.2) is 19.6 Å². The SMILES string of the molecule is O=c1c(OCc2ccccc2)cn(C2CCCCCCCC2)nc1-c1ccnn1-c1ccccc1. The molecule has 1 aliphatic carbocycles. The summed E-state index contributed by atoms with van der Waals surface area (Å²) < 4.78 is 9.88. The first-order chi connectivity index (χ1) is 17.3. The molecule has 5 rings (SSSR count). The molecule has 6 heteroatoms. The van der Waals surface area contributed by atoms with Crippen LogP contribution in [0.5, 0.6) is 5.75 Å². The Balaban J connectivity index is 1.56. The van der Waals surface area contributed by atoms with Crippen LogP contribution in [0, 0.1) is 0 Å². The van der Waals surface area contributed by atoms with Gasteiger partial charge in [-0.3, -0.25) is 9.48 Å². The minimum Gasteiger partial charge on any atom is -0.483 e. The molecule has 0 atom stereocenters. The van der Waals surface area contributed by atoms with Crippen molar-refractivity contribution in [2.24, 2.45) is 0 Å². The lowest BCUT2D eigenvalue weighted by molar-refractivity contribution is 0.291. The summed E-state index contributed by atoms with van der Waals surface area (Å²) in [4.78, 5) is 13.6. The molecule has 1 aliphatic rings. The molecule has 35 heavy (non-hydrogen) atoms. The summed E-state index contributed by atoms with van der Waals surface area (Å²) in [5.74, 6) is 0.333. The summed E-state index contributed by atoms with van der Waals surface area (Å²) in [6.07, 6.45) is 13.1. The van der Waals surface area contributed by atoms with Crippen molar-refractivity contribution < 1.29 is 4.74 Å². The predicted molar refractivity (Wildman–Crippen MR) is 138 cm³/mol. The minimum absolute atomic E-state index is 0.210. The van der Waals surface area contributed by atoms with E-state index in [1.54, 1.807) is 10.9 Å². The molecule has 2 heterocycles. The Bertz CT molecular complexity index is 1270. The number of hydrogen-bond acceptors (Lipinski definition) is 4. The van der Waals surface area contributed by atoms with Gasteiger partial charge in [0.2, 0.25) is 0 Å². The summed E-state index contributed by atoms with van der Waals surface area (Å²) in [7, 11) is 0. The zero-order chi connectivity index (χ0) is 23.9. The van der Waals surface area contributed by atoms with Gasteiger partial charge >= 0.3 is 0 Å². The van der Waals surface area contributed by atoms with E-state index in [9.17, 15) is 4.79 Å². The molecule has 0 radical (unpaired) electrons. The fraction of sp³-hybridized carbons (Fsp3) is 0.345. The third-order valence-electron chi connectivity index (χ3n) is 6.73. The van der Waals surface area contributed by atoms with Crippen molar-refractivity contribution in [3.63, 3.8) is 0 Å². The van der Waals surface area contributed by atoms with E-state index in [1.807, 2.05) is 77.6 Å². The van der Waals surface area contributed by atoms with Gasteiger partial charge in [0.15, 0.2) is 11.4 Å². The largest absolute Gasteiger partial charge is 0.483 e. The Kier molecular flexibility index (Phi) is 7.37. The van der Waals surface area contributed by atoms with Crippen molar-refractivity contribution in [3.8, 4) is 22.8 Å². The normalized spacial score (nSPS) is 15.2. The van der Waals surface area contributed by atoms with E-state index in [-0.39, 0.29) is 11.5 Å². The summed E-state index contributed by atoms with van der Waals surface area (Å²) in [5.41, 5.74) is 2.74. The lowest BCUT2D eigenvalue weighted by atomic mass is 10.1. The van der Waals surface area contributed by atoms with Crippen molar-refractivity contribution in [2.45, 2.75) is 64.0 Å². The van der Waals surface area contributed by atoms with Gasteiger partial charge < -0.3 is 4.74 Å². The van der Waals surface area contributed by atoms with Crippen molar-refractivity contribution in [2.75, 3.05) is 0 Å². The summed E-state index contributed by atoms with van der Waals surface area (Å²) in [6, 6.07) is 21.9. The number of benzene rings is 2. The van der Waals surface area contributed by atoms with Gasteiger partial charge in [0.25, 0.3) is 5.43 Å². The summed E-state index contributed by atoms with van der Waals surface area (Å²) in [6.45, 7) is 0.335. The van der Waals surface area contributed by atoms with E-state index in [2.05, 4.69) is 5.10 Å². The highest BCUT2D eigenvalue weighted by Crippen LogP contribution is 2.28. The van der Waals surface area contributed by atoms with E-state index < -0.39 is 0 Å². The fourth-order valence-electron chi connectivity index (χ4n) is 4.81.